The van der Waals surface area contributed by atoms with Crippen molar-refractivity contribution in [2.45, 2.75) is 19.4 Å². The molecule has 0 aliphatic rings. The summed E-state index contributed by atoms with van der Waals surface area (Å²) in [5.74, 6) is 0. The average molecular weight is 216 g/mol. The lowest BCUT2D eigenvalue weighted by Crippen LogP contribution is -1.94. The number of hydrogen-bond acceptors (Lipinski definition) is 2. The molecule has 0 aromatic carbocycles. The molecule has 0 heterocycles. The summed E-state index contributed by atoms with van der Waals surface area (Å²) in [5, 5.41) is 17.1. The van der Waals surface area contributed by atoms with E-state index in [1.807, 2.05) is 12.1 Å². The highest BCUT2D eigenvalue weighted by Gasteiger charge is 1.87. The molecule has 0 spiro atoms. The monoisotopic (exact) mass is 215 g/mol. The zero-order chi connectivity index (χ0) is 8.69. The summed E-state index contributed by atoms with van der Waals surface area (Å²) >= 11 is 3.03. The van der Waals surface area contributed by atoms with Gasteiger partial charge in [-0.15, -0.1) is 0 Å². The molecule has 0 radical (unpaired) electrons. The van der Waals surface area contributed by atoms with E-state index in [4.69, 9.17) is 10.4 Å². The first-order valence-electron chi connectivity index (χ1n) is 3.27. The molecule has 11 heavy (non-hydrogen) atoms. The van der Waals surface area contributed by atoms with E-state index in [1.54, 1.807) is 19.1 Å². The Hall–Kier alpha value is -0.590. The Balaban J connectivity index is 3.70. The molecule has 1 atom stereocenters. The predicted molar refractivity (Wildman–Crippen MR) is 48.1 cm³/mol. The Kier molecular flexibility index (Phi) is 5.81. The molecule has 0 rings (SSSR count). The average Bonchev–Trinajstić information content (AvgIpc) is 1.97. The molecule has 0 amide bonds. The van der Waals surface area contributed by atoms with Crippen molar-refractivity contribution < 1.29 is 5.11 Å². The van der Waals surface area contributed by atoms with Gasteiger partial charge in [0.25, 0.3) is 0 Å². The van der Waals surface area contributed by atoms with Gasteiger partial charge < -0.3 is 5.11 Å². The summed E-state index contributed by atoms with van der Waals surface area (Å²) in [6, 6.07) is 1.92. The van der Waals surface area contributed by atoms with Crippen LogP contribution in [0.25, 0.3) is 0 Å². The topological polar surface area (TPSA) is 44.0 Å². The van der Waals surface area contributed by atoms with Gasteiger partial charge >= 0.3 is 0 Å². The summed E-state index contributed by atoms with van der Waals surface area (Å²) in [6.07, 6.45) is 5.48. The van der Waals surface area contributed by atoms with E-state index in [9.17, 15) is 0 Å². The molecule has 0 aromatic heterocycles. The molecular formula is C8H10BrNO. The van der Waals surface area contributed by atoms with Crippen LogP contribution in [0.1, 0.15) is 13.3 Å². The van der Waals surface area contributed by atoms with Gasteiger partial charge in [0.15, 0.2) is 0 Å². The third-order valence-corrected chi connectivity index (χ3v) is 1.40. The van der Waals surface area contributed by atoms with Crippen molar-refractivity contribution in [1.29, 1.82) is 5.26 Å². The van der Waals surface area contributed by atoms with Gasteiger partial charge in [-0.1, -0.05) is 12.2 Å². The van der Waals surface area contributed by atoms with Crippen LogP contribution in [0.2, 0.25) is 0 Å². The molecule has 3 heteroatoms. The standard InChI is InChI=1S/C8H10BrNO/c1-7(11)4-2-3-5-8(9)6-10/h2-3,5,7,11H,4H2,1H3/b3-2-,8-5-. The molecule has 0 aromatic rings. The number of aliphatic hydroxyl groups excluding tert-OH is 1. The summed E-state index contributed by atoms with van der Waals surface area (Å²) in [4.78, 5) is 0. The van der Waals surface area contributed by atoms with E-state index < -0.39 is 0 Å². The molecule has 60 valence electrons. The van der Waals surface area contributed by atoms with Crippen molar-refractivity contribution >= 4 is 15.9 Å². The highest BCUT2D eigenvalue weighted by molar-refractivity contribution is 9.12. The van der Waals surface area contributed by atoms with Crippen molar-refractivity contribution in [1.82, 2.24) is 0 Å². The number of nitrogens with zero attached hydrogens (tertiary/aromatic N) is 1. The first-order chi connectivity index (χ1) is 5.16. The molecular weight excluding hydrogens is 206 g/mol. The minimum atomic E-state index is -0.319. The first-order valence-corrected chi connectivity index (χ1v) is 4.06. The van der Waals surface area contributed by atoms with Gasteiger partial charge in [0, 0.05) is 0 Å². The quantitative estimate of drug-likeness (QED) is 0.580. The normalized spacial score (nSPS) is 14.9. The van der Waals surface area contributed by atoms with Gasteiger partial charge in [-0.2, -0.15) is 5.26 Å². The van der Waals surface area contributed by atoms with Crippen molar-refractivity contribution in [3.8, 4) is 6.07 Å². The second-order valence-electron chi connectivity index (χ2n) is 2.14. The predicted octanol–water partition coefficient (Wildman–Crippen LogP) is 2.12. The Morgan fingerprint density at radius 1 is 1.82 bits per heavy atom. The van der Waals surface area contributed by atoms with Gasteiger partial charge in [0.05, 0.1) is 10.6 Å². The third kappa shape index (κ3) is 7.31. The van der Waals surface area contributed by atoms with Crippen LogP contribution in [0.15, 0.2) is 22.7 Å². The SMILES string of the molecule is CC(O)C/C=C\C=C(/Br)C#N. The highest BCUT2D eigenvalue weighted by Crippen LogP contribution is 2.02. The fourth-order valence-electron chi connectivity index (χ4n) is 0.465. The Morgan fingerprint density at radius 2 is 2.45 bits per heavy atom. The van der Waals surface area contributed by atoms with Crippen LogP contribution in [-0.2, 0) is 0 Å². The van der Waals surface area contributed by atoms with Crippen LogP contribution >= 0.6 is 15.9 Å². The van der Waals surface area contributed by atoms with Crippen molar-refractivity contribution in [2.24, 2.45) is 0 Å². The van der Waals surface area contributed by atoms with E-state index in [2.05, 4.69) is 15.9 Å². The fraction of sp³-hybridized carbons (Fsp3) is 0.375. The molecule has 0 aliphatic carbocycles. The van der Waals surface area contributed by atoms with Crippen molar-refractivity contribution in [3.63, 3.8) is 0 Å². The number of hydrogen-bond donors (Lipinski definition) is 1. The fourth-order valence-corrected chi connectivity index (χ4v) is 0.618. The van der Waals surface area contributed by atoms with E-state index in [0.29, 0.717) is 10.9 Å². The number of nitriles is 1. The molecule has 0 bridgehead atoms. The second-order valence-corrected chi connectivity index (χ2v) is 2.99. The van der Waals surface area contributed by atoms with Crippen LogP contribution in [-0.4, -0.2) is 11.2 Å². The minimum absolute atomic E-state index is 0.319. The second kappa shape index (κ2) is 6.14. The van der Waals surface area contributed by atoms with Crippen LogP contribution in [0.4, 0.5) is 0 Å². The highest BCUT2D eigenvalue weighted by atomic mass is 79.9. The summed E-state index contributed by atoms with van der Waals surface area (Å²) in [5.41, 5.74) is 0. The minimum Gasteiger partial charge on any atom is -0.393 e. The Morgan fingerprint density at radius 3 is 2.91 bits per heavy atom. The number of aliphatic hydroxyl groups is 1. The van der Waals surface area contributed by atoms with Gasteiger partial charge in [-0.3, -0.25) is 0 Å². The maximum Gasteiger partial charge on any atom is 0.107 e. The lowest BCUT2D eigenvalue weighted by atomic mass is 10.2. The largest absolute Gasteiger partial charge is 0.393 e. The summed E-state index contributed by atoms with van der Waals surface area (Å²) in [7, 11) is 0. The van der Waals surface area contributed by atoms with Crippen LogP contribution in [0, 0.1) is 11.3 Å². The van der Waals surface area contributed by atoms with Crippen molar-refractivity contribution in [3.05, 3.63) is 22.7 Å². The zero-order valence-corrected chi connectivity index (χ0v) is 7.87. The smallest absolute Gasteiger partial charge is 0.107 e. The van der Waals surface area contributed by atoms with Gasteiger partial charge in [0.1, 0.15) is 6.07 Å². The van der Waals surface area contributed by atoms with E-state index in [0.717, 1.165) is 0 Å². The maximum atomic E-state index is 8.83. The molecule has 2 nitrogen and oxygen atoms in total. The summed E-state index contributed by atoms with van der Waals surface area (Å²) < 4.78 is 0.486. The lowest BCUT2D eigenvalue weighted by Gasteiger charge is -1.94. The number of rotatable bonds is 3. The molecule has 1 N–H and O–H groups in total. The molecule has 1 unspecified atom stereocenters. The molecule has 0 fully saturated rings. The zero-order valence-electron chi connectivity index (χ0n) is 6.29. The number of allylic oxidation sites excluding steroid dienone is 3. The Labute approximate surface area is 75.0 Å². The Bertz CT molecular complexity index is 201. The van der Waals surface area contributed by atoms with Crippen molar-refractivity contribution in [2.75, 3.05) is 0 Å². The lowest BCUT2D eigenvalue weighted by molar-refractivity contribution is 0.198. The maximum absolute atomic E-state index is 8.83. The van der Waals surface area contributed by atoms with Gasteiger partial charge in [-0.25, -0.2) is 0 Å². The van der Waals surface area contributed by atoms with E-state index in [1.165, 1.54) is 0 Å². The number of halogens is 1. The molecule has 0 saturated heterocycles. The first kappa shape index (κ1) is 10.4. The van der Waals surface area contributed by atoms with Crippen LogP contribution < -0.4 is 0 Å². The molecule has 0 aliphatic heterocycles. The third-order valence-electron chi connectivity index (χ3n) is 0.963. The van der Waals surface area contributed by atoms with Gasteiger partial charge in [-0.05, 0) is 35.4 Å². The van der Waals surface area contributed by atoms with Gasteiger partial charge in [0.2, 0.25) is 0 Å². The van der Waals surface area contributed by atoms with Crippen LogP contribution in [0.5, 0.6) is 0 Å². The molecule has 0 saturated carbocycles. The van der Waals surface area contributed by atoms with E-state index >= 15 is 0 Å². The van der Waals surface area contributed by atoms with E-state index in [-0.39, 0.29) is 6.10 Å². The van der Waals surface area contributed by atoms with Crippen LogP contribution in [0.3, 0.4) is 0 Å². The summed E-state index contributed by atoms with van der Waals surface area (Å²) in [6.45, 7) is 1.72.